The highest BCUT2D eigenvalue weighted by Crippen LogP contribution is 2.21. The first-order valence-corrected chi connectivity index (χ1v) is 9.57. The second kappa shape index (κ2) is 7.11. The fourth-order valence-corrected chi connectivity index (χ4v) is 3.64. The van der Waals surface area contributed by atoms with Gasteiger partial charge >= 0.3 is 0 Å². The molecule has 0 fully saturated rings. The quantitative estimate of drug-likeness (QED) is 0.785. The second-order valence-corrected chi connectivity index (χ2v) is 7.54. The van der Waals surface area contributed by atoms with Crippen LogP contribution < -0.4 is 0 Å². The Hall–Kier alpha value is -1.59. The Balaban J connectivity index is 2.36. The summed E-state index contributed by atoms with van der Waals surface area (Å²) < 4.78 is 14.2. The summed E-state index contributed by atoms with van der Waals surface area (Å²) in [6, 6.07) is 9.39. The van der Waals surface area contributed by atoms with Crippen molar-refractivity contribution < 1.29 is 9.00 Å². The zero-order valence-corrected chi connectivity index (χ0v) is 14.8. The van der Waals surface area contributed by atoms with Crippen molar-refractivity contribution in [3.63, 3.8) is 0 Å². The van der Waals surface area contributed by atoms with Crippen molar-refractivity contribution in [2.24, 2.45) is 7.05 Å². The summed E-state index contributed by atoms with van der Waals surface area (Å²) in [5.74, 6) is -0.00882. The molecule has 1 atom stereocenters. The molecule has 0 saturated carbocycles. The molecule has 2 rings (SSSR count). The van der Waals surface area contributed by atoms with Gasteiger partial charge in [0.15, 0.2) is 0 Å². The van der Waals surface area contributed by atoms with Crippen molar-refractivity contribution in [2.75, 3.05) is 12.5 Å². The highest BCUT2D eigenvalue weighted by molar-refractivity contribution is 8.16. The van der Waals surface area contributed by atoms with Crippen LogP contribution in [0.25, 0.3) is 6.08 Å². The number of aromatic nitrogens is 1. The minimum atomic E-state index is -1.02. The number of carbonyl (C=O) groups is 1. The van der Waals surface area contributed by atoms with E-state index in [1.165, 1.54) is 11.8 Å². The number of carbonyl (C=O) groups excluding carboxylic acids is 1. The molecule has 2 aromatic rings. The molecular weight excluding hydrogens is 314 g/mol. The van der Waals surface area contributed by atoms with Gasteiger partial charge in [-0.1, -0.05) is 29.8 Å². The third-order valence-electron chi connectivity index (χ3n) is 3.34. The van der Waals surface area contributed by atoms with Crippen LogP contribution in [0, 0.1) is 6.92 Å². The normalized spacial score (nSPS) is 13.2. The highest BCUT2D eigenvalue weighted by atomic mass is 32.2. The standard InChI is InChI=1S/C17H19NO2S2/c1-12-5-7-14(8-6-12)17(19)15-9-13(11-18(15)2)10-16(21-3)22(4)20/h5-11H,1-4H3/b16-10+. The lowest BCUT2D eigenvalue weighted by Gasteiger charge is -2.02. The van der Waals surface area contributed by atoms with Gasteiger partial charge in [0.05, 0.1) is 20.7 Å². The maximum Gasteiger partial charge on any atom is 0.209 e. The number of ketones is 1. The van der Waals surface area contributed by atoms with Crippen LogP contribution in [0.1, 0.15) is 27.2 Å². The molecular formula is C17H19NO2S2. The first-order chi connectivity index (χ1) is 10.4. The summed E-state index contributed by atoms with van der Waals surface area (Å²) in [6.45, 7) is 1.99. The third-order valence-corrected chi connectivity index (χ3v) is 5.75. The van der Waals surface area contributed by atoms with Crippen LogP contribution in [0.4, 0.5) is 0 Å². The molecule has 0 aliphatic carbocycles. The Morgan fingerprint density at radius 1 is 1.27 bits per heavy atom. The van der Waals surface area contributed by atoms with Crippen molar-refractivity contribution in [2.45, 2.75) is 6.92 Å². The first-order valence-electron chi connectivity index (χ1n) is 6.79. The largest absolute Gasteiger partial charge is 0.347 e. The molecule has 1 aromatic heterocycles. The van der Waals surface area contributed by atoms with Crippen LogP contribution in [0.3, 0.4) is 0 Å². The molecule has 0 radical (unpaired) electrons. The van der Waals surface area contributed by atoms with E-state index in [0.29, 0.717) is 11.3 Å². The number of thioether (sulfide) groups is 1. The maximum atomic E-state index is 12.6. The molecule has 0 aliphatic heterocycles. The summed E-state index contributed by atoms with van der Waals surface area (Å²) >= 11 is 1.46. The molecule has 1 aromatic carbocycles. The predicted octanol–water partition coefficient (Wildman–Crippen LogP) is 3.60. The van der Waals surface area contributed by atoms with Gasteiger partial charge in [-0.25, -0.2) is 0 Å². The van der Waals surface area contributed by atoms with Gasteiger partial charge in [0.1, 0.15) is 0 Å². The van der Waals surface area contributed by atoms with Crippen LogP contribution in [-0.4, -0.2) is 27.1 Å². The van der Waals surface area contributed by atoms with Crippen LogP contribution in [0.15, 0.2) is 40.8 Å². The summed E-state index contributed by atoms with van der Waals surface area (Å²) in [4.78, 5) is 12.6. The molecule has 3 nitrogen and oxygen atoms in total. The van der Waals surface area contributed by atoms with E-state index in [-0.39, 0.29) is 5.78 Å². The minimum absolute atomic E-state index is 0.00882. The molecule has 116 valence electrons. The molecule has 0 bridgehead atoms. The van der Waals surface area contributed by atoms with Gasteiger partial charge < -0.3 is 4.57 Å². The van der Waals surface area contributed by atoms with Gasteiger partial charge in [0, 0.05) is 25.1 Å². The number of aryl methyl sites for hydroxylation is 2. The lowest BCUT2D eigenvalue weighted by atomic mass is 10.1. The van der Waals surface area contributed by atoms with Crippen molar-refractivity contribution in [3.8, 4) is 0 Å². The molecule has 22 heavy (non-hydrogen) atoms. The summed E-state index contributed by atoms with van der Waals surface area (Å²) in [5, 5.41) is 0. The Kier molecular flexibility index (Phi) is 5.42. The molecule has 0 aliphatic rings. The number of rotatable bonds is 5. The average Bonchev–Trinajstić information content (AvgIpc) is 2.85. The zero-order valence-electron chi connectivity index (χ0n) is 13.1. The van der Waals surface area contributed by atoms with Crippen molar-refractivity contribution >= 4 is 34.4 Å². The van der Waals surface area contributed by atoms with E-state index < -0.39 is 10.8 Å². The van der Waals surface area contributed by atoms with Gasteiger partial charge in [0.25, 0.3) is 0 Å². The molecule has 1 unspecified atom stereocenters. The Morgan fingerprint density at radius 2 is 1.91 bits per heavy atom. The third kappa shape index (κ3) is 3.78. The lowest BCUT2D eigenvalue weighted by molar-refractivity contribution is 0.103. The predicted molar refractivity (Wildman–Crippen MR) is 95.6 cm³/mol. The fourth-order valence-electron chi connectivity index (χ4n) is 2.14. The van der Waals surface area contributed by atoms with E-state index in [9.17, 15) is 9.00 Å². The SMILES string of the molecule is CS/C(=C\c1cc(C(=O)c2ccc(C)cc2)n(C)c1)S(C)=O. The molecule has 0 saturated heterocycles. The van der Waals surface area contributed by atoms with Crippen molar-refractivity contribution in [3.05, 3.63) is 63.2 Å². The first kappa shape index (κ1) is 16.8. The highest BCUT2D eigenvalue weighted by Gasteiger charge is 2.14. The molecule has 1 heterocycles. The fraction of sp³-hybridized carbons (Fsp3) is 0.235. The van der Waals surface area contributed by atoms with Gasteiger partial charge in [-0.15, -0.1) is 11.8 Å². The monoisotopic (exact) mass is 333 g/mol. The maximum absolute atomic E-state index is 12.6. The number of hydrogen-bond acceptors (Lipinski definition) is 3. The van der Waals surface area contributed by atoms with Crippen LogP contribution in [0.2, 0.25) is 0 Å². The van der Waals surface area contributed by atoms with E-state index in [0.717, 1.165) is 15.4 Å². The Morgan fingerprint density at radius 3 is 2.45 bits per heavy atom. The summed E-state index contributed by atoms with van der Waals surface area (Å²) in [7, 11) is 0.827. The zero-order chi connectivity index (χ0) is 16.3. The van der Waals surface area contributed by atoms with Gasteiger partial charge in [0.2, 0.25) is 5.78 Å². The topological polar surface area (TPSA) is 39.1 Å². The van der Waals surface area contributed by atoms with Crippen LogP contribution in [0.5, 0.6) is 0 Å². The molecule has 0 spiro atoms. The van der Waals surface area contributed by atoms with Gasteiger partial charge in [-0.2, -0.15) is 0 Å². The molecule has 0 N–H and O–H groups in total. The second-order valence-electron chi connectivity index (χ2n) is 5.09. The van der Waals surface area contributed by atoms with E-state index >= 15 is 0 Å². The van der Waals surface area contributed by atoms with E-state index in [1.54, 1.807) is 6.26 Å². The minimum Gasteiger partial charge on any atom is -0.347 e. The lowest BCUT2D eigenvalue weighted by Crippen LogP contribution is -2.06. The van der Waals surface area contributed by atoms with Crippen molar-refractivity contribution in [1.82, 2.24) is 4.57 Å². The summed E-state index contributed by atoms with van der Waals surface area (Å²) in [6.07, 6.45) is 7.30. The Labute approximate surface area is 137 Å². The van der Waals surface area contributed by atoms with E-state index in [1.807, 2.05) is 67.4 Å². The summed E-state index contributed by atoms with van der Waals surface area (Å²) in [5.41, 5.74) is 3.31. The Bertz CT molecular complexity index is 743. The number of hydrogen-bond donors (Lipinski definition) is 0. The molecule has 0 amide bonds. The van der Waals surface area contributed by atoms with Crippen LogP contribution >= 0.6 is 11.8 Å². The number of nitrogens with zero attached hydrogens (tertiary/aromatic N) is 1. The van der Waals surface area contributed by atoms with E-state index in [4.69, 9.17) is 0 Å². The molecule has 5 heteroatoms. The van der Waals surface area contributed by atoms with Gasteiger partial charge in [-0.05, 0) is 30.9 Å². The van der Waals surface area contributed by atoms with Crippen LogP contribution in [-0.2, 0) is 17.8 Å². The van der Waals surface area contributed by atoms with Gasteiger partial charge in [-0.3, -0.25) is 9.00 Å². The smallest absolute Gasteiger partial charge is 0.209 e. The number of benzene rings is 1. The van der Waals surface area contributed by atoms with Crippen molar-refractivity contribution in [1.29, 1.82) is 0 Å². The average molecular weight is 333 g/mol. The van der Waals surface area contributed by atoms with E-state index in [2.05, 4.69) is 0 Å².